The summed E-state index contributed by atoms with van der Waals surface area (Å²) in [7, 11) is 6.00. The van der Waals surface area contributed by atoms with E-state index in [1.165, 1.54) is 11.1 Å². The van der Waals surface area contributed by atoms with Gasteiger partial charge in [0.05, 0.1) is 0 Å². The summed E-state index contributed by atoms with van der Waals surface area (Å²) < 4.78 is 0. The molecule has 0 heterocycles. The van der Waals surface area contributed by atoms with E-state index >= 15 is 0 Å². The molecular formula is C15H23B. The Kier molecular flexibility index (Phi) is 7.71. The van der Waals surface area contributed by atoms with Crippen LogP contribution >= 0.6 is 0 Å². The van der Waals surface area contributed by atoms with Crippen LogP contribution in [0.4, 0.5) is 0 Å². The molecule has 0 bridgehead atoms. The SMILES string of the molecule is [B]/C(=C\C(=C/C)C(C)C)CC/C(C=C)=C/C. The fourth-order valence-corrected chi connectivity index (χ4v) is 1.52. The van der Waals surface area contributed by atoms with Gasteiger partial charge in [-0.2, -0.15) is 0 Å². The topological polar surface area (TPSA) is 0 Å². The second-order valence-electron chi connectivity index (χ2n) is 4.23. The lowest BCUT2D eigenvalue weighted by molar-refractivity contribution is 0.787. The first-order valence-corrected chi connectivity index (χ1v) is 5.95. The van der Waals surface area contributed by atoms with E-state index in [0.717, 1.165) is 18.3 Å². The average Bonchev–Trinajstić information content (AvgIpc) is 2.26. The van der Waals surface area contributed by atoms with Crippen molar-refractivity contribution in [1.29, 1.82) is 0 Å². The molecule has 0 aliphatic carbocycles. The van der Waals surface area contributed by atoms with Crippen LogP contribution in [0.2, 0.25) is 0 Å². The Morgan fingerprint density at radius 1 is 1.19 bits per heavy atom. The Balaban J connectivity index is 4.41. The van der Waals surface area contributed by atoms with Gasteiger partial charge in [0.2, 0.25) is 0 Å². The second-order valence-corrected chi connectivity index (χ2v) is 4.23. The fraction of sp³-hybridized carbons (Fsp3) is 0.467. The minimum atomic E-state index is 0.532. The van der Waals surface area contributed by atoms with Gasteiger partial charge in [-0.05, 0) is 32.6 Å². The maximum Gasteiger partial charge on any atom is 0.107 e. The molecule has 16 heavy (non-hydrogen) atoms. The number of hydrogen-bond acceptors (Lipinski definition) is 0. The van der Waals surface area contributed by atoms with Crippen molar-refractivity contribution >= 4 is 7.85 Å². The van der Waals surface area contributed by atoms with E-state index in [-0.39, 0.29) is 0 Å². The molecule has 0 spiro atoms. The van der Waals surface area contributed by atoms with Gasteiger partial charge in [0.1, 0.15) is 7.85 Å². The molecule has 86 valence electrons. The molecule has 1 heteroatoms. The third kappa shape index (κ3) is 5.80. The van der Waals surface area contributed by atoms with Crippen LogP contribution in [0.15, 0.2) is 47.5 Å². The molecule has 0 saturated carbocycles. The van der Waals surface area contributed by atoms with E-state index in [9.17, 15) is 0 Å². The molecule has 2 radical (unpaired) electrons. The lowest BCUT2D eigenvalue weighted by Crippen LogP contribution is -1.93. The van der Waals surface area contributed by atoms with E-state index in [0.29, 0.717) is 5.92 Å². The summed E-state index contributed by atoms with van der Waals surface area (Å²) in [5, 5.41) is 0. The molecule has 0 aliphatic heterocycles. The molecular weight excluding hydrogens is 191 g/mol. The fourth-order valence-electron chi connectivity index (χ4n) is 1.52. The zero-order chi connectivity index (χ0) is 12.6. The summed E-state index contributed by atoms with van der Waals surface area (Å²) in [6.07, 6.45) is 10.1. The molecule has 0 aliphatic rings. The number of hydrogen-bond donors (Lipinski definition) is 0. The van der Waals surface area contributed by atoms with E-state index < -0.39 is 0 Å². The van der Waals surface area contributed by atoms with Crippen LogP contribution in [-0.4, -0.2) is 7.85 Å². The molecule has 0 saturated heterocycles. The van der Waals surface area contributed by atoms with Crippen molar-refractivity contribution in [2.45, 2.75) is 40.5 Å². The first kappa shape index (κ1) is 15.0. The van der Waals surface area contributed by atoms with Gasteiger partial charge in [-0.25, -0.2) is 0 Å². The molecule has 0 N–H and O–H groups in total. The van der Waals surface area contributed by atoms with Crippen LogP contribution in [0.25, 0.3) is 0 Å². The van der Waals surface area contributed by atoms with Gasteiger partial charge in [0, 0.05) is 0 Å². The number of rotatable bonds is 6. The first-order valence-electron chi connectivity index (χ1n) is 5.95. The molecule has 0 amide bonds. The van der Waals surface area contributed by atoms with Gasteiger partial charge in [0.15, 0.2) is 0 Å². The zero-order valence-corrected chi connectivity index (χ0v) is 11.1. The van der Waals surface area contributed by atoms with E-state index in [1.807, 2.05) is 13.0 Å². The van der Waals surface area contributed by atoms with E-state index in [4.69, 9.17) is 7.85 Å². The van der Waals surface area contributed by atoms with Crippen LogP contribution in [0.3, 0.4) is 0 Å². The van der Waals surface area contributed by atoms with Gasteiger partial charge in [-0.1, -0.05) is 55.9 Å². The quantitative estimate of drug-likeness (QED) is 0.449. The molecule has 0 unspecified atom stereocenters. The maximum absolute atomic E-state index is 6.00. The first-order chi connectivity index (χ1) is 7.54. The standard InChI is InChI=1S/C15H23B/c1-6-13(7-2)9-10-15(16)11-14(8-3)12(4)5/h6-8,11-12H,1,9-10H2,2-5H3/b13-7+,14-8+,15-11-. The predicted molar refractivity (Wildman–Crippen MR) is 75.6 cm³/mol. The van der Waals surface area contributed by atoms with Crippen LogP contribution in [-0.2, 0) is 0 Å². The van der Waals surface area contributed by atoms with Crippen LogP contribution in [0, 0.1) is 5.92 Å². The molecule has 0 aromatic rings. The Bertz CT molecular complexity index is 303. The third-order valence-electron chi connectivity index (χ3n) is 2.69. The van der Waals surface area contributed by atoms with Crippen molar-refractivity contribution in [3.05, 3.63) is 47.5 Å². The van der Waals surface area contributed by atoms with Gasteiger partial charge in [-0.15, -0.1) is 5.47 Å². The van der Waals surface area contributed by atoms with E-state index in [2.05, 4.69) is 45.6 Å². The Morgan fingerprint density at radius 2 is 1.81 bits per heavy atom. The van der Waals surface area contributed by atoms with Crippen LogP contribution < -0.4 is 0 Å². The molecule has 0 rings (SSSR count). The summed E-state index contributed by atoms with van der Waals surface area (Å²) in [5.74, 6) is 0.532. The Morgan fingerprint density at radius 3 is 2.19 bits per heavy atom. The van der Waals surface area contributed by atoms with Crippen LogP contribution in [0.5, 0.6) is 0 Å². The zero-order valence-electron chi connectivity index (χ0n) is 11.1. The summed E-state index contributed by atoms with van der Waals surface area (Å²) in [5.41, 5.74) is 3.50. The van der Waals surface area contributed by atoms with Crippen molar-refractivity contribution in [2.75, 3.05) is 0 Å². The highest BCUT2D eigenvalue weighted by Crippen LogP contribution is 2.16. The van der Waals surface area contributed by atoms with Crippen molar-refractivity contribution in [2.24, 2.45) is 5.92 Å². The van der Waals surface area contributed by atoms with Crippen molar-refractivity contribution < 1.29 is 0 Å². The van der Waals surface area contributed by atoms with Crippen LogP contribution in [0.1, 0.15) is 40.5 Å². The Hall–Kier alpha value is -0.975. The smallest absolute Gasteiger partial charge is 0.107 e. The average molecular weight is 214 g/mol. The summed E-state index contributed by atoms with van der Waals surface area (Å²) in [4.78, 5) is 0. The molecule has 0 aromatic heterocycles. The largest absolute Gasteiger partial charge is 0.117 e. The van der Waals surface area contributed by atoms with Crippen molar-refractivity contribution in [1.82, 2.24) is 0 Å². The predicted octanol–water partition coefficient (Wildman–Crippen LogP) is 4.55. The maximum atomic E-state index is 6.00. The highest BCUT2D eigenvalue weighted by atomic mass is 14.0. The third-order valence-corrected chi connectivity index (χ3v) is 2.69. The van der Waals surface area contributed by atoms with Gasteiger partial charge in [0.25, 0.3) is 0 Å². The van der Waals surface area contributed by atoms with E-state index in [1.54, 1.807) is 0 Å². The summed E-state index contributed by atoms with van der Waals surface area (Å²) >= 11 is 0. The molecule has 0 atom stereocenters. The van der Waals surface area contributed by atoms with Gasteiger partial charge in [-0.3, -0.25) is 0 Å². The highest BCUT2D eigenvalue weighted by molar-refractivity contribution is 6.21. The Labute approximate surface area is 102 Å². The highest BCUT2D eigenvalue weighted by Gasteiger charge is 1.99. The van der Waals surface area contributed by atoms with Gasteiger partial charge < -0.3 is 0 Å². The monoisotopic (exact) mass is 214 g/mol. The summed E-state index contributed by atoms with van der Waals surface area (Å²) in [6.45, 7) is 12.2. The molecule has 0 fully saturated rings. The van der Waals surface area contributed by atoms with Crippen molar-refractivity contribution in [3.8, 4) is 0 Å². The second kappa shape index (κ2) is 8.21. The van der Waals surface area contributed by atoms with Gasteiger partial charge >= 0.3 is 0 Å². The lowest BCUT2D eigenvalue weighted by atomic mass is 9.86. The minimum Gasteiger partial charge on any atom is -0.117 e. The summed E-state index contributed by atoms with van der Waals surface area (Å²) in [6, 6.07) is 0. The normalized spacial score (nSPS) is 14.4. The minimum absolute atomic E-state index is 0.532. The van der Waals surface area contributed by atoms with Crippen molar-refractivity contribution in [3.63, 3.8) is 0 Å². The molecule has 0 aromatic carbocycles. The molecule has 0 nitrogen and oxygen atoms in total. The number of allylic oxidation sites excluding steroid dienone is 7. The lowest BCUT2D eigenvalue weighted by Gasteiger charge is -2.09.